The Morgan fingerprint density at radius 2 is 2.22 bits per heavy atom. The lowest BCUT2D eigenvalue weighted by Crippen LogP contribution is -2.37. The normalized spacial score (nSPS) is 18.1. The number of piperidine rings is 1. The number of amides is 1. The summed E-state index contributed by atoms with van der Waals surface area (Å²) in [7, 11) is 0. The van der Waals surface area contributed by atoms with Crippen LogP contribution in [0.3, 0.4) is 0 Å². The molecule has 0 spiro atoms. The number of anilines is 1. The molecule has 1 amide bonds. The summed E-state index contributed by atoms with van der Waals surface area (Å²) < 4.78 is 0. The molecule has 1 aliphatic rings. The zero-order chi connectivity index (χ0) is 16.4. The predicted molar refractivity (Wildman–Crippen MR) is 87.1 cm³/mol. The number of carbonyl (C=O) groups excluding carboxylic acids is 1. The summed E-state index contributed by atoms with van der Waals surface area (Å²) in [5, 5.41) is 12.5. The molecule has 7 heteroatoms. The van der Waals surface area contributed by atoms with E-state index in [1.807, 2.05) is 0 Å². The Labute approximate surface area is 133 Å². The van der Waals surface area contributed by atoms with E-state index in [1.165, 1.54) is 12.3 Å². The Bertz CT molecular complexity index is 762. The number of primary amides is 1. The maximum absolute atomic E-state index is 11.2. The van der Waals surface area contributed by atoms with Gasteiger partial charge in [-0.1, -0.05) is 0 Å². The van der Waals surface area contributed by atoms with Gasteiger partial charge in [-0.05, 0) is 30.9 Å². The Kier molecular flexibility index (Phi) is 4.10. The van der Waals surface area contributed by atoms with Gasteiger partial charge in [0.1, 0.15) is 0 Å². The third-order valence-electron chi connectivity index (χ3n) is 4.32. The summed E-state index contributed by atoms with van der Waals surface area (Å²) >= 11 is 0. The Morgan fingerprint density at radius 3 is 2.96 bits per heavy atom. The average Bonchev–Trinajstić information content (AvgIpc) is 2.53. The topological polar surface area (TPSA) is 102 Å². The van der Waals surface area contributed by atoms with Crippen LogP contribution in [0.25, 0.3) is 10.8 Å². The van der Waals surface area contributed by atoms with Crippen molar-refractivity contribution in [2.75, 3.05) is 18.0 Å². The minimum Gasteiger partial charge on any atom is -0.371 e. The lowest BCUT2D eigenvalue weighted by Gasteiger charge is -2.34. The maximum Gasteiger partial charge on any atom is 0.278 e. The second-order valence-corrected chi connectivity index (χ2v) is 5.91. The number of nitrogens with zero attached hydrogens (tertiary/aromatic N) is 3. The molecule has 1 atom stereocenters. The van der Waals surface area contributed by atoms with E-state index in [-0.39, 0.29) is 22.4 Å². The van der Waals surface area contributed by atoms with Gasteiger partial charge in [0.15, 0.2) is 0 Å². The molecular formula is C16H18N4O3. The molecule has 0 bridgehead atoms. The van der Waals surface area contributed by atoms with Gasteiger partial charge in [-0.15, -0.1) is 0 Å². The van der Waals surface area contributed by atoms with Crippen molar-refractivity contribution in [3.63, 3.8) is 0 Å². The molecule has 3 rings (SSSR count). The number of nitro groups is 1. The van der Waals surface area contributed by atoms with Crippen molar-refractivity contribution in [1.29, 1.82) is 0 Å². The molecule has 7 nitrogen and oxygen atoms in total. The van der Waals surface area contributed by atoms with Gasteiger partial charge in [0.2, 0.25) is 5.91 Å². The number of aromatic nitrogens is 1. The zero-order valence-electron chi connectivity index (χ0n) is 12.6. The molecule has 1 aliphatic heterocycles. The monoisotopic (exact) mass is 314 g/mol. The number of nitrogens with two attached hydrogens (primary N) is 1. The van der Waals surface area contributed by atoms with Gasteiger partial charge in [0.05, 0.1) is 10.3 Å². The van der Waals surface area contributed by atoms with Crippen LogP contribution < -0.4 is 10.6 Å². The highest BCUT2D eigenvalue weighted by Gasteiger charge is 2.24. The van der Waals surface area contributed by atoms with E-state index >= 15 is 0 Å². The van der Waals surface area contributed by atoms with Gasteiger partial charge in [-0.25, -0.2) is 0 Å². The number of benzene rings is 1. The Morgan fingerprint density at radius 1 is 1.39 bits per heavy atom. The first-order valence-corrected chi connectivity index (χ1v) is 7.60. The minimum absolute atomic E-state index is 0.0579. The third-order valence-corrected chi connectivity index (χ3v) is 4.32. The number of non-ortho nitro benzene ring substituents is 1. The van der Waals surface area contributed by atoms with Gasteiger partial charge >= 0.3 is 0 Å². The van der Waals surface area contributed by atoms with Gasteiger partial charge in [0, 0.05) is 49.0 Å². The molecule has 1 fully saturated rings. The van der Waals surface area contributed by atoms with Gasteiger partial charge in [-0.2, -0.15) is 0 Å². The summed E-state index contributed by atoms with van der Waals surface area (Å²) in [6, 6.07) is 5.11. The smallest absolute Gasteiger partial charge is 0.278 e. The van der Waals surface area contributed by atoms with Crippen LogP contribution >= 0.6 is 0 Å². The zero-order valence-corrected chi connectivity index (χ0v) is 12.6. The molecule has 2 aromatic rings. The summed E-state index contributed by atoms with van der Waals surface area (Å²) in [5.41, 5.74) is 6.31. The number of rotatable bonds is 4. The molecule has 2 N–H and O–H groups in total. The summed E-state index contributed by atoms with van der Waals surface area (Å²) in [6.45, 7) is 1.60. The second-order valence-electron chi connectivity index (χ2n) is 5.91. The van der Waals surface area contributed by atoms with Crippen molar-refractivity contribution >= 4 is 28.1 Å². The standard InChI is InChI=1S/C16H18N4O3/c17-16(21)8-11-2-1-7-19(10-11)14-3-4-15(20(22)23)13-9-18-6-5-12(13)14/h3-6,9,11H,1-2,7-8,10H2,(H2,17,21). The van der Waals surface area contributed by atoms with Crippen LogP contribution in [0.1, 0.15) is 19.3 Å². The molecule has 0 radical (unpaired) electrons. The lowest BCUT2D eigenvalue weighted by molar-refractivity contribution is -0.383. The number of nitro benzene ring substituents is 1. The molecule has 120 valence electrons. The molecule has 2 heterocycles. The SMILES string of the molecule is NC(=O)CC1CCCN(c2ccc([N+](=O)[O-])c3cnccc23)C1. The molecule has 0 saturated carbocycles. The fraction of sp³-hybridized carbons (Fsp3) is 0.375. The van der Waals surface area contributed by atoms with Gasteiger partial charge in [0.25, 0.3) is 5.69 Å². The van der Waals surface area contributed by atoms with Crippen LogP contribution in [0.2, 0.25) is 0 Å². The highest BCUT2D eigenvalue weighted by atomic mass is 16.6. The van der Waals surface area contributed by atoms with E-state index in [4.69, 9.17) is 5.73 Å². The average molecular weight is 314 g/mol. The van der Waals surface area contributed by atoms with Crippen molar-refractivity contribution in [2.24, 2.45) is 11.7 Å². The molecule has 23 heavy (non-hydrogen) atoms. The second kappa shape index (κ2) is 6.20. The van der Waals surface area contributed by atoms with E-state index in [2.05, 4.69) is 9.88 Å². The first-order chi connectivity index (χ1) is 11.1. The van der Waals surface area contributed by atoms with Crippen molar-refractivity contribution in [1.82, 2.24) is 4.98 Å². The molecule has 0 aliphatic carbocycles. The number of carbonyl (C=O) groups is 1. The first-order valence-electron chi connectivity index (χ1n) is 7.60. The maximum atomic E-state index is 11.2. The van der Waals surface area contributed by atoms with Crippen LogP contribution in [-0.4, -0.2) is 28.9 Å². The molecule has 1 aromatic heterocycles. The van der Waals surface area contributed by atoms with Crippen LogP contribution in [0.15, 0.2) is 30.6 Å². The van der Waals surface area contributed by atoms with Gasteiger partial charge in [-0.3, -0.25) is 19.9 Å². The van der Waals surface area contributed by atoms with Crippen molar-refractivity contribution in [2.45, 2.75) is 19.3 Å². The number of hydrogen-bond donors (Lipinski definition) is 1. The third kappa shape index (κ3) is 3.08. The van der Waals surface area contributed by atoms with Gasteiger partial charge < -0.3 is 10.6 Å². The largest absolute Gasteiger partial charge is 0.371 e. The van der Waals surface area contributed by atoms with Crippen LogP contribution in [0, 0.1) is 16.0 Å². The van der Waals surface area contributed by atoms with Crippen LogP contribution in [0.4, 0.5) is 11.4 Å². The molecule has 1 unspecified atom stereocenters. The highest BCUT2D eigenvalue weighted by molar-refractivity contribution is 5.99. The van der Waals surface area contributed by atoms with Crippen molar-refractivity contribution in [3.8, 4) is 0 Å². The quantitative estimate of drug-likeness (QED) is 0.688. The van der Waals surface area contributed by atoms with E-state index in [0.29, 0.717) is 11.8 Å². The number of fused-ring (bicyclic) bond motifs is 1. The molecular weight excluding hydrogens is 296 g/mol. The minimum atomic E-state index is -0.389. The van der Waals surface area contributed by atoms with E-state index < -0.39 is 0 Å². The number of hydrogen-bond acceptors (Lipinski definition) is 5. The summed E-state index contributed by atoms with van der Waals surface area (Å²) in [4.78, 5) is 28.2. The number of pyridine rings is 1. The predicted octanol–water partition coefficient (Wildman–Crippen LogP) is 2.23. The fourth-order valence-corrected chi connectivity index (χ4v) is 3.33. The highest BCUT2D eigenvalue weighted by Crippen LogP contribution is 2.35. The summed E-state index contributed by atoms with van der Waals surface area (Å²) in [6.07, 6.45) is 5.50. The van der Waals surface area contributed by atoms with Crippen molar-refractivity contribution < 1.29 is 9.72 Å². The Hall–Kier alpha value is -2.70. The Balaban J connectivity index is 1.98. The van der Waals surface area contributed by atoms with Crippen LogP contribution in [0.5, 0.6) is 0 Å². The first kappa shape index (κ1) is 15.2. The van der Waals surface area contributed by atoms with E-state index in [1.54, 1.807) is 18.3 Å². The molecule has 1 aromatic carbocycles. The summed E-state index contributed by atoms with van der Waals surface area (Å²) in [5.74, 6) is -0.0528. The molecule has 1 saturated heterocycles. The fourth-order valence-electron chi connectivity index (χ4n) is 3.33. The van der Waals surface area contributed by atoms with E-state index in [0.717, 1.165) is 37.0 Å². The van der Waals surface area contributed by atoms with Crippen LogP contribution in [-0.2, 0) is 4.79 Å². The van der Waals surface area contributed by atoms with Crippen molar-refractivity contribution in [3.05, 3.63) is 40.7 Å². The van der Waals surface area contributed by atoms with E-state index in [9.17, 15) is 14.9 Å². The lowest BCUT2D eigenvalue weighted by atomic mass is 9.93.